The summed E-state index contributed by atoms with van der Waals surface area (Å²) in [5, 5.41) is 0. The molecule has 0 aromatic carbocycles. The van der Waals surface area contributed by atoms with Crippen molar-refractivity contribution in [1.29, 1.82) is 0 Å². The molecule has 1 atom stereocenters. The monoisotopic (exact) mass is 205 g/mol. The van der Waals surface area contributed by atoms with Crippen molar-refractivity contribution < 1.29 is 4.79 Å². The van der Waals surface area contributed by atoms with Gasteiger partial charge in [-0.2, -0.15) is 0 Å². The van der Waals surface area contributed by atoms with Crippen molar-refractivity contribution in [2.45, 2.75) is 38.1 Å². The van der Waals surface area contributed by atoms with E-state index in [1.54, 1.807) is 0 Å². The molecule has 0 saturated carbocycles. The van der Waals surface area contributed by atoms with E-state index in [4.69, 9.17) is 0 Å². The summed E-state index contributed by atoms with van der Waals surface area (Å²) in [7, 11) is 0. The van der Waals surface area contributed by atoms with Crippen LogP contribution in [0, 0.1) is 0 Å². The normalized spacial score (nSPS) is 32.2. The molecule has 2 nitrogen and oxygen atoms in total. The average molecular weight is 205 g/mol. The molecule has 0 unspecified atom stereocenters. The molecular formula is C13H19NO. The van der Waals surface area contributed by atoms with Crippen LogP contribution < -0.4 is 0 Å². The number of Topliss-reactive ketones (excluding diaryl/α,β-unsaturated/α-hetero) is 1. The minimum absolute atomic E-state index is 0.190. The minimum atomic E-state index is 0.190. The molecule has 0 amide bonds. The molecule has 0 bridgehead atoms. The van der Waals surface area contributed by atoms with Crippen LogP contribution in [0.15, 0.2) is 24.3 Å². The second-order valence-electron chi connectivity index (χ2n) is 4.47. The number of piperidine rings is 1. The number of carbonyl (C=O) groups is 1. The van der Waals surface area contributed by atoms with E-state index in [1.807, 2.05) is 0 Å². The molecule has 0 aromatic rings. The van der Waals surface area contributed by atoms with Crippen LogP contribution in [0.2, 0.25) is 0 Å². The number of nitrogens with zero attached hydrogens (tertiary/aromatic N) is 1. The van der Waals surface area contributed by atoms with Gasteiger partial charge >= 0.3 is 0 Å². The highest BCUT2D eigenvalue weighted by Gasteiger charge is 2.34. The molecule has 0 radical (unpaired) electrons. The minimum Gasteiger partial charge on any atom is -0.300 e. The molecule has 2 aliphatic rings. The van der Waals surface area contributed by atoms with Crippen molar-refractivity contribution >= 4 is 5.78 Å². The van der Waals surface area contributed by atoms with Gasteiger partial charge in [0, 0.05) is 31.5 Å². The van der Waals surface area contributed by atoms with Crippen LogP contribution in [-0.2, 0) is 4.79 Å². The summed E-state index contributed by atoms with van der Waals surface area (Å²) in [6, 6.07) is 0. The van der Waals surface area contributed by atoms with Gasteiger partial charge in [0.1, 0.15) is 5.78 Å². The van der Waals surface area contributed by atoms with Gasteiger partial charge in [-0.1, -0.05) is 31.2 Å². The largest absolute Gasteiger partial charge is 0.300 e. The van der Waals surface area contributed by atoms with Gasteiger partial charge in [0.15, 0.2) is 0 Å². The lowest BCUT2D eigenvalue weighted by atomic mass is 9.85. The molecule has 0 spiro atoms. The Morgan fingerprint density at radius 2 is 2.07 bits per heavy atom. The van der Waals surface area contributed by atoms with E-state index in [2.05, 4.69) is 36.1 Å². The molecule has 2 rings (SSSR count). The molecule has 2 heteroatoms. The molecular weight excluding hydrogens is 186 g/mol. The molecule has 15 heavy (non-hydrogen) atoms. The second-order valence-corrected chi connectivity index (χ2v) is 4.47. The summed E-state index contributed by atoms with van der Waals surface area (Å²) < 4.78 is 0. The van der Waals surface area contributed by atoms with Gasteiger partial charge in [0.05, 0.1) is 0 Å². The lowest BCUT2D eigenvalue weighted by Gasteiger charge is -2.43. The third-order valence-electron chi connectivity index (χ3n) is 3.69. The van der Waals surface area contributed by atoms with E-state index in [0.717, 1.165) is 38.8 Å². The fourth-order valence-corrected chi connectivity index (χ4v) is 2.58. The number of carbonyl (C=O) groups excluding carboxylic acids is 1. The zero-order valence-corrected chi connectivity index (χ0v) is 9.41. The van der Waals surface area contributed by atoms with Gasteiger partial charge in [-0.05, 0) is 12.8 Å². The first-order valence-electron chi connectivity index (χ1n) is 5.88. The Kier molecular flexibility index (Phi) is 3.06. The van der Waals surface area contributed by atoms with Crippen molar-refractivity contribution in [2.24, 2.45) is 0 Å². The molecule has 1 aliphatic carbocycles. The standard InChI is InChI=1S/C13H19NO/c1-2-13(8-4-3-5-9-13)14-10-6-12(15)7-11-14/h3-5,8H,2,6-7,9-11H2,1H3/t13-/m1/s1. The molecule has 1 heterocycles. The highest BCUT2D eigenvalue weighted by atomic mass is 16.1. The van der Waals surface area contributed by atoms with Crippen LogP contribution in [0.25, 0.3) is 0 Å². The number of hydrogen-bond donors (Lipinski definition) is 0. The molecule has 1 saturated heterocycles. The van der Waals surface area contributed by atoms with Crippen LogP contribution in [0.4, 0.5) is 0 Å². The summed E-state index contributed by atoms with van der Waals surface area (Å²) in [5.41, 5.74) is 0.190. The van der Waals surface area contributed by atoms with Gasteiger partial charge in [-0.15, -0.1) is 0 Å². The zero-order valence-electron chi connectivity index (χ0n) is 9.41. The van der Waals surface area contributed by atoms with Crippen LogP contribution >= 0.6 is 0 Å². The Bertz CT molecular complexity index is 296. The first-order chi connectivity index (χ1) is 7.27. The highest BCUT2D eigenvalue weighted by molar-refractivity contribution is 5.79. The number of hydrogen-bond acceptors (Lipinski definition) is 2. The van der Waals surface area contributed by atoms with Gasteiger partial charge in [-0.25, -0.2) is 0 Å². The third-order valence-corrected chi connectivity index (χ3v) is 3.69. The first kappa shape index (κ1) is 10.6. The topological polar surface area (TPSA) is 20.3 Å². The maximum Gasteiger partial charge on any atom is 0.135 e. The molecule has 0 N–H and O–H groups in total. The number of rotatable bonds is 2. The van der Waals surface area contributed by atoms with Crippen molar-refractivity contribution in [3.63, 3.8) is 0 Å². The fourth-order valence-electron chi connectivity index (χ4n) is 2.58. The Hall–Kier alpha value is -0.890. The average Bonchev–Trinajstić information content (AvgIpc) is 2.31. The summed E-state index contributed by atoms with van der Waals surface area (Å²) in [4.78, 5) is 13.7. The second kappa shape index (κ2) is 4.31. The Labute approximate surface area is 91.6 Å². The van der Waals surface area contributed by atoms with Gasteiger partial charge in [0.2, 0.25) is 0 Å². The fraction of sp³-hybridized carbons (Fsp3) is 0.615. The van der Waals surface area contributed by atoms with Crippen LogP contribution in [0.3, 0.4) is 0 Å². The summed E-state index contributed by atoms with van der Waals surface area (Å²) in [5.74, 6) is 0.424. The SMILES string of the molecule is CC[C@@]1(N2CCC(=O)CC2)C=CC=CC1. The maximum atomic E-state index is 11.2. The first-order valence-corrected chi connectivity index (χ1v) is 5.88. The van der Waals surface area contributed by atoms with Crippen molar-refractivity contribution in [2.75, 3.05) is 13.1 Å². The van der Waals surface area contributed by atoms with E-state index in [1.165, 1.54) is 0 Å². The summed E-state index contributed by atoms with van der Waals surface area (Å²) in [6.07, 6.45) is 12.5. The highest BCUT2D eigenvalue weighted by Crippen LogP contribution is 2.30. The Morgan fingerprint density at radius 3 is 2.60 bits per heavy atom. The van der Waals surface area contributed by atoms with E-state index in [-0.39, 0.29) is 5.54 Å². The Morgan fingerprint density at radius 1 is 1.33 bits per heavy atom. The number of allylic oxidation sites excluding steroid dienone is 2. The lowest BCUT2D eigenvalue weighted by Crippen LogP contribution is -2.50. The summed E-state index contributed by atoms with van der Waals surface area (Å²) >= 11 is 0. The van der Waals surface area contributed by atoms with Crippen molar-refractivity contribution in [1.82, 2.24) is 4.90 Å². The molecule has 82 valence electrons. The van der Waals surface area contributed by atoms with Gasteiger partial charge in [0.25, 0.3) is 0 Å². The smallest absolute Gasteiger partial charge is 0.135 e. The molecule has 1 aliphatic heterocycles. The summed E-state index contributed by atoms with van der Waals surface area (Å²) in [6.45, 7) is 4.11. The molecule has 1 fully saturated rings. The van der Waals surface area contributed by atoms with Crippen LogP contribution in [0.5, 0.6) is 0 Å². The van der Waals surface area contributed by atoms with E-state index in [9.17, 15) is 4.79 Å². The van der Waals surface area contributed by atoms with E-state index < -0.39 is 0 Å². The van der Waals surface area contributed by atoms with Crippen molar-refractivity contribution in [3.8, 4) is 0 Å². The Balaban J connectivity index is 2.09. The molecule has 0 aromatic heterocycles. The zero-order chi connectivity index (χ0) is 10.7. The van der Waals surface area contributed by atoms with E-state index in [0.29, 0.717) is 5.78 Å². The third kappa shape index (κ3) is 2.05. The van der Waals surface area contributed by atoms with Gasteiger partial charge < -0.3 is 0 Å². The van der Waals surface area contributed by atoms with E-state index >= 15 is 0 Å². The number of ketones is 1. The predicted molar refractivity (Wildman–Crippen MR) is 61.7 cm³/mol. The van der Waals surface area contributed by atoms with Crippen LogP contribution in [-0.4, -0.2) is 29.3 Å². The maximum absolute atomic E-state index is 11.2. The predicted octanol–water partition coefficient (Wildman–Crippen LogP) is 2.32. The number of likely N-dealkylation sites (tertiary alicyclic amines) is 1. The van der Waals surface area contributed by atoms with Crippen LogP contribution in [0.1, 0.15) is 32.6 Å². The lowest BCUT2D eigenvalue weighted by molar-refractivity contribution is -0.122. The quantitative estimate of drug-likeness (QED) is 0.689. The van der Waals surface area contributed by atoms with Gasteiger partial charge in [-0.3, -0.25) is 9.69 Å². The van der Waals surface area contributed by atoms with Crippen molar-refractivity contribution in [3.05, 3.63) is 24.3 Å².